The van der Waals surface area contributed by atoms with E-state index in [4.69, 9.17) is 4.74 Å². The molecule has 1 N–H and O–H groups in total. The van der Waals surface area contributed by atoms with E-state index in [1.54, 1.807) is 24.3 Å². The summed E-state index contributed by atoms with van der Waals surface area (Å²) in [5.74, 6) is -1.96. The summed E-state index contributed by atoms with van der Waals surface area (Å²) in [5.41, 5.74) is 1.03. The Balaban J connectivity index is 1.96. The first-order valence-corrected chi connectivity index (χ1v) is 7.25. The summed E-state index contributed by atoms with van der Waals surface area (Å²) < 4.78 is 18.1. The van der Waals surface area contributed by atoms with Crippen molar-refractivity contribution in [2.45, 2.75) is 20.0 Å². The number of ether oxygens (including phenoxy) is 1. The highest BCUT2D eigenvalue weighted by molar-refractivity contribution is 5.98. The number of benzene rings is 2. The Kier molecular flexibility index (Phi) is 5.42. The predicted octanol–water partition coefficient (Wildman–Crippen LogP) is 3.21. The number of Topliss-reactive ketones (excluding diaryl/α,β-unsaturated/α-hetero) is 1. The van der Waals surface area contributed by atoms with Crippen molar-refractivity contribution in [3.8, 4) is 0 Å². The molecule has 0 fully saturated rings. The number of anilines is 1. The Morgan fingerprint density at radius 3 is 2.29 bits per heavy atom. The number of nitrogens with one attached hydrogen (secondary N) is 1. The summed E-state index contributed by atoms with van der Waals surface area (Å²) in [6, 6.07) is 11.4. The fraction of sp³-hybridized carbons (Fsp3) is 0.167. The third kappa shape index (κ3) is 4.49. The lowest BCUT2D eigenvalue weighted by Gasteiger charge is -2.13. The van der Waals surface area contributed by atoms with Crippen LogP contribution in [0.3, 0.4) is 0 Å². The van der Waals surface area contributed by atoms with Crippen molar-refractivity contribution in [1.82, 2.24) is 0 Å². The molecule has 0 aromatic heterocycles. The van der Waals surface area contributed by atoms with Crippen LogP contribution in [0.4, 0.5) is 10.1 Å². The molecule has 6 heteroatoms. The number of rotatable bonds is 5. The average molecular weight is 329 g/mol. The Morgan fingerprint density at radius 2 is 1.71 bits per heavy atom. The molecule has 0 radical (unpaired) electrons. The van der Waals surface area contributed by atoms with E-state index in [1.165, 1.54) is 32.0 Å². The Morgan fingerprint density at radius 1 is 1.04 bits per heavy atom. The predicted molar refractivity (Wildman–Crippen MR) is 86.4 cm³/mol. The molecule has 1 atom stereocenters. The van der Waals surface area contributed by atoms with Gasteiger partial charge in [-0.25, -0.2) is 9.18 Å². The standard InChI is InChI=1S/C18H16FNO4/c1-11(21)13-6-8-16(9-7-13)20-17(22)12(2)24-18(23)14-4-3-5-15(19)10-14/h3-10,12H,1-2H3,(H,20,22)/t12-/m1/s1. The molecule has 0 saturated heterocycles. The van der Waals surface area contributed by atoms with Crippen LogP contribution in [-0.2, 0) is 9.53 Å². The highest BCUT2D eigenvalue weighted by Crippen LogP contribution is 2.12. The van der Waals surface area contributed by atoms with Gasteiger partial charge in [0, 0.05) is 11.3 Å². The van der Waals surface area contributed by atoms with E-state index < -0.39 is 23.8 Å². The van der Waals surface area contributed by atoms with E-state index in [1.807, 2.05) is 0 Å². The maximum atomic E-state index is 13.1. The number of ketones is 1. The number of hydrogen-bond donors (Lipinski definition) is 1. The largest absolute Gasteiger partial charge is 0.449 e. The van der Waals surface area contributed by atoms with Crippen LogP contribution in [0.5, 0.6) is 0 Å². The van der Waals surface area contributed by atoms with E-state index in [-0.39, 0.29) is 11.3 Å². The molecule has 0 aliphatic carbocycles. The Hall–Kier alpha value is -3.02. The molecule has 0 heterocycles. The molecule has 2 rings (SSSR count). The number of carbonyl (C=O) groups excluding carboxylic acids is 3. The zero-order chi connectivity index (χ0) is 17.7. The van der Waals surface area contributed by atoms with Gasteiger partial charge in [0.15, 0.2) is 11.9 Å². The highest BCUT2D eigenvalue weighted by atomic mass is 19.1. The second-order valence-corrected chi connectivity index (χ2v) is 5.18. The van der Waals surface area contributed by atoms with E-state index >= 15 is 0 Å². The van der Waals surface area contributed by atoms with Gasteiger partial charge >= 0.3 is 5.97 Å². The van der Waals surface area contributed by atoms with Crippen molar-refractivity contribution < 1.29 is 23.5 Å². The lowest BCUT2D eigenvalue weighted by atomic mass is 10.1. The van der Waals surface area contributed by atoms with Gasteiger partial charge in [0.2, 0.25) is 0 Å². The first kappa shape index (κ1) is 17.3. The molecule has 1 amide bonds. The molecule has 124 valence electrons. The van der Waals surface area contributed by atoms with Crippen LogP contribution in [0.2, 0.25) is 0 Å². The quantitative estimate of drug-likeness (QED) is 0.675. The van der Waals surface area contributed by atoms with E-state index in [0.717, 1.165) is 6.07 Å². The normalized spacial score (nSPS) is 11.5. The van der Waals surface area contributed by atoms with Crippen molar-refractivity contribution in [1.29, 1.82) is 0 Å². The van der Waals surface area contributed by atoms with Crippen molar-refractivity contribution in [2.24, 2.45) is 0 Å². The van der Waals surface area contributed by atoms with Gasteiger partial charge in [-0.2, -0.15) is 0 Å². The lowest BCUT2D eigenvalue weighted by molar-refractivity contribution is -0.123. The first-order valence-electron chi connectivity index (χ1n) is 7.25. The van der Waals surface area contributed by atoms with Crippen LogP contribution < -0.4 is 5.32 Å². The topological polar surface area (TPSA) is 72.5 Å². The molecule has 2 aromatic carbocycles. The third-order valence-corrected chi connectivity index (χ3v) is 3.27. The maximum absolute atomic E-state index is 13.1. The van der Waals surface area contributed by atoms with Crippen LogP contribution in [0, 0.1) is 5.82 Å². The maximum Gasteiger partial charge on any atom is 0.339 e. The lowest BCUT2D eigenvalue weighted by Crippen LogP contribution is -2.30. The molecule has 0 spiro atoms. The molecule has 0 aliphatic heterocycles. The fourth-order valence-corrected chi connectivity index (χ4v) is 1.93. The highest BCUT2D eigenvalue weighted by Gasteiger charge is 2.19. The van der Waals surface area contributed by atoms with Crippen LogP contribution in [0.25, 0.3) is 0 Å². The summed E-state index contributed by atoms with van der Waals surface area (Å²) in [6.45, 7) is 2.86. The van der Waals surface area contributed by atoms with Crippen LogP contribution in [0.1, 0.15) is 34.6 Å². The molecular weight excluding hydrogens is 313 g/mol. The van der Waals surface area contributed by atoms with Gasteiger partial charge in [-0.3, -0.25) is 9.59 Å². The fourth-order valence-electron chi connectivity index (χ4n) is 1.93. The zero-order valence-corrected chi connectivity index (χ0v) is 13.2. The molecule has 0 bridgehead atoms. The number of hydrogen-bond acceptors (Lipinski definition) is 4. The van der Waals surface area contributed by atoms with Gasteiger partial charge in [-0.15, -0.1) is 0 Å². The summed E-state index contributed by atoms with van der Waals surface area (Å²) in [7, 11) is 0. The molecule has 2 aromatic rings. The third-order valence-electron chi connectivity index (χ3n) is 3.27. The van der Waals surface area contributed by atoms with Gasteiger partial charge < -0.3 is 10.1 Å². The van der Waals surface area contributed by atoms with Gasteiger partial charge in [-0.05, 0) is 56.3 Å². The summed E-state index contributed by atoms with van der Waals surface area (Å²) in [5, 5.41) is 2.57. The molecule has 0 aliphatic rings. The van der Waals surface area contributed by atoms with Gasteiger partial charge in [0.1, 0.15) is 5.82 Å². The molecule has 5 nitrogen and oxygen atoms in total. The Labute approximate surface area is 138 Å². The zero-order valence-electron chi connectivity index (χ0n) is 13.2. The van der Waals surface area contributed by atoms with E-state index in [9.17, 15) is 18.8 Å². The number of esters is 1. The van der Waals surface area contributed by atoms with Crippen LogP contribution in [-0.4, -0.2) is 23.8 Å². The molecule has 0 saturated carbocycles. The smallest absolute Gasteiger partial charge is 0.339 e. The van der Waals surface area contributed by atoms with Crippen molar-refractivity contribution >= 4 is 23.3 Å². The molecule has 24 heavy (non-hydrogen) atoms. The van der Waals surface area contributed by atoms with Gasteiger partial charge in [0.05, 0.1) is 5.56 Å². The number of halogens is 1. The summed E-state index contributed by atoms with van der Waals surface area (Å²) in [4.78, 5) is 35.1. The van der Waals surface area contributed by atoms with E-state index in [2.05, 4.69) is 5.32 Å². The minimum atomic E-state index is -1.06. The first-order chi connectivity index (χ1) is 11.4. The van der Waals surface area contributed by atoms with Crippen LogP contribution in [0.15, 0.2) is 48.5 Å². The minimum Gasteiger partial charge on any atom is -0.449 e. The number of amides is 1. The van der Waals surface area contributed by atoms with Crippen molar-refractivity contribution in [3.05, 3.63) is 65.5 Å². The monoisotopic (exact) mass is 329 g/mol. The molecule has 0 unspecified atom stereocenters. The Bertz CT molecular complexity index is 771. The number of carbonyl (C=O) groups is 3. The second-order valence-electron chi connectivity index (χ2n) is 5.18. The van der Waals surface area contributed by atoms with E-state index in [0.29, 0.717) is 11.3 Å². The second kappa shape index (κ2) is 7.50. The van der Waals surface area contributed by atoms with Gasteiger partial charge in [0.25, 0.3) is 5.91 Å². The van der Waals surface area contributed by atoms with Gasteiger partial charge in [-0.1, -0.05) is 6.07 Å². The summed E-state index contributed by atoms with van der Waals surface area (Å²) in [6.07, 6.45) is -1.06. The van der Waals surface area contributed by atoms with Crippen LogP contribution >= 0.6 is 0 Å². The van der Waals surface area contributed by atoms with Crippen molar-refractivity contribution in [3.63, 3.8) is 0 Å². The average Bonchev–Trinajstić information content (AvgIpc) is 2.55. The minimum absolute atomic E-state index is 0.0282. The van der Waals surface area contributed by atoms with Crippen molar-refractivity contribution in [2.75, 3.05) is 5.32 Å². The SMILES string of the molecule is CC(=O)c1ccc(NC(=O)[C@@H](C)OC(=O)c2cccc(F)c2)cc1. The molecular formula is C18H16FNO4. The summed E-state index contributed by atoms with van der Waals surface area (Å²) >= 11 is 0.